The van der Waals surface area contributed by atoms with Crippen LogP contribution in [0.5, 0.6) is 5.75 Å². The lowest BCUT2D eigenvalue weighted by molar-refractivity contribution is -0.138. The fourth-order valence-corrected chi connectivity index (χ4v) is 5.88. The summed E-state index contributed by atoms with van der Waals surface area (Å²) in [6.45, 7) is 1.57. The van der Waals surface area contributed by atoms with Crippen molar-refractivity contribution in [3.63, 3.8) is 0 Å². The maximum Gasteiger partial charge on any atom is 0.233 e. The number of fused-ring (bicyclic) bond motifs is 3. The van der Waals surface area contributed by atoms with E-state index in [9.17, 15) is 24.3 Å². The molecular weight excluding hydrogens is 422 g/mol. The van der Waals surface area contributed by atoms with Crippen LogP contribution in [-0.2, 0) is 19.2 Å². The van der Waals surface area contributed by atoms with E-state index < -0.39 is 17.8 Å². The molecule has 1 heterocycles. The van der Waals surface area contributed by atoms with Crippen LogP contribution in [0.2, 0.25) is 0 Å². The Morgan fingerprint density at radius 3 is 2.61 bits per heavy atom. The standard InChI is InChI=1S/C26H25NO6/c1-13-11-19(29)18-12-17-14(7-8-16-22(17)26(32)27(2)25(16)31)21(23(18)24(13)30)15-5-3-4-6-20(15)33-10-9-28/h3-7,11,16-17,21-22,28H,8-10,12H2,1-2H3. The number of Topliss-reactive ketones (excluding diaryl/α,β-unsaturated/α-hetero) is 1. The van der Waals surface area contributed by atoms with Gasteiger partial charge in [0.25, 0.3) is 0 Å². The number of hydrogen-bond acceptors (Lipinski definition) is 6. The highest BCUT2D eigenvalue weighted by Crippen LogP contribution is 2.55. The highest BCUT2D eigenvalue weighted by atomic mass is 16.5. The average molecular weight is 447 g/mol. The predicted molar refractivity (Wildman–Crippen MR) is 118 cm³/mol. The molecule has 1 aromatic rings. The number of aliphatic hydroxyl groups excluding tert-OH is 1. The smallest absolute Gasteiger partial charge is 0.233 e. The number of aliphatic hydroxyl groups is 1. The summed E-state index contributed by atoms with van der Waals surface area (Å²) in [6.07, 6.45) is 4.04. The van der Waals surface area contributed by atoms with Crippen molar-refractivity contribution < 1.29 is 29.0 Å². The molecule has 5 rings (SSSR count). The van der Waals surface area contributed by atoms with Crippen LogP contribution in [0, 0.1) is 17.8 Å². The van der Waals surface area contributed by atoms with Gasteiger partial charge in [-0.15, -0.1) is 0 Å². The van der Waals surface area contributed by atoms with Crippen molar-refractivity contribution in [3.05, 3.63) is 64.3 Å². The maximum absolute atomic E-state index is 13.4. The Kier molecular flexibility index (Phi) is 5.16. The first kappa shape index (κ1) is 21.5. The Balaban J connectivity index is 1.71. The van der Waals surface area contributed by atoms with Gasteiger partial charge in [-0.25, -0.2) is 0 Å². The Bertz CT molecular complexity index is 1190. The summed E-state index contributed by atoms with van der Waals surface area (Å²) < 4.78 is 5.79. The Labute approximate surface area is 191 Å². The van der Waals surface area contributed by atoms with E-state index in [1.807, 2.05) is 24.3 Å². The zero-order chi connectivity index (χ0) is 23.4. The fourth-order valence-electron chi connectivity index (χ4n) is 5.88. The van der Waals surface area contributed by atoms with Crippen molar-refractivity contribution in [1.29, 1.82) is 0 Å². The summed E-state index contributed by atoms with van der Waals surface area (Å²) in [5.74, 6) is -2.17. The van der Waals surface area contributed by atoms with Crippen LogP contribution < -0.4 is 4.74 Å². The molecule has 170 valence electrons. The quantitative estimate of drug-likeness (QED) is 0.431. The molecule has 1 saturated heterocycles. The number of amides is 2. The number of rotatable bonds is 4. The van der Waals surface area contributed by atoms with Gasteiger partial charge in [0, 0.05) is 35.2 Å². The number of likely N-dealkylation sites (tertiary alicyclic amines) is 1. The number of ether oxygens (including phenoxy) is 1. The molecule has 4 aliphatic rings. The third-order valence-electron chi connectivity index (χ3n) is 7.36. The number of carbonyl (C=O) groups is 4. The maximum atomic E-state index is 13.4. The lowest BCUT2D eigenvalue weighted by Gasteiger charge is -2.42. The third kappa shape index (κ3) is 3.14. The van der Waals surface area contributed by atoms with E-state index in [1.54, 1.807) is 13.0 Å². The van der Waals surface area contributed by atoms with Gasteiger partial charge in [0.15, 0.2) is 11.6 Å². The number of carbonyl (C=O) groups excluding carboxylic acids is 4. The van der Waals surface area contributed by atoms with Crippen LogP contribution in [0.15, 0.2) is 58.7 Å². The molecule has 0 aromatic heterocycles. The van der Waals surface area contributed by atoms with Crippen molar-refractivity contribution in [2.24, 2.45) is 17.8 Å². The van der Waals surface area contributed by atoms with Gasteiger partial charge in [-0.2, -0.15) is 0 Å². The minimum atomic E-state index is -0.552. The zero-order valence-electron chi connectivity index (χ0n) is 18.5. The van der Waals surface area contributed by atoms with Crippen LogP contribution >= 0.6 is 0 Å². The van der Waals surface area contributed by atoms with Crippen molar-refractivity contribution in [3.8, 4) is 5.75 Å². The van der Waals surface area contributed by atoms with Gasteiger partial charge < -0.3 is 9.84 Å². The van der Waals surface area contributed by atoms with E-state index in [0.29, 0.717) is 34.5 Å². The van der Waals surface area contributed by atoms with Crippen molar-refractivity contribution >= 4 is 23.4 Å². The molecule has 1 fully saturated rings. The molecular formula is C26H25NO6. The molecule has 1 N–H and O–H groups in total. The van der Waals surface area contributed by atoms with Crippen LogP contribution in [0.4, 0.5) is 0 Å². The van der Waals surface area contributed by atoms with E-state index in [-0.39, 0.29) is 48.9 Å². The minimum Gasteiger partial charge on any atom is -0.491 e. The monoisotopic (exact) mass is 447 g/mol. The number of allylic oxidation sites excluding steroid dienone is 6. The normalized spacial score (nSPS) is 28.9. The summed E-state index contributed by atoms with van der Waals surface area (Å²) in [6, 6.07) is 7.28. The third-order valence-corrected chi connectivity index (χ3v) is 7.36. The number of imide groups is 1. The van der Waals surface area contributed by atoms with Crippen LogP contribution in [0.25, 0.3) is 0 Å². The molecule has 1 aromatic carbocycles. The van der Waals surface area contributed by atoms with Crippen molar-refractivity contribution in [1.82, 2.24) is 4.90 Å². The Morgan fingerprint density at radius 2 is 1.85 bits per heavy atom. The highest BCUT2D eigenvalue weighted by Gasteiger charge is 2.55. The van der Waals surface area contributed by atoms with Crippen LogP contribution in [-0.4, -0.2) is 53.6 Å². The fraction of sp³-hybridized carbons (Fsp3) is 0.385. The van der Waals surface area contributed by atoms with Gasteiger partial charge >= 0.3 is 0 Å². The Hall–Kier alpha value is -3.32. The molecule has 7 nitrogen and oxygen atoms in total. The zero-order valence-corrected chi connectivity index (χ0v) is 18.5. The number of hydrogen-bond donors (Lipinski definition) is 1. The van der Waals surface area contributed by atoms with E-state index >= 15 is 0 Å². The van der Waals surface area contributed by atoms with E-state index in [0.717, 1.165) is 5.57 Å². The molecule has 0 spiro atoms. The SMILES string of the molecule is CC1=CC(=O)C2=C(C1=O)C(c1ccccc1OCCO)C1=CCC3C(=O)N(C)C(=O)C3C1C2. The molecule has 0 radical (unpaired) electrons. The van der Waals surface area contributed by atoms with Gasteiger partial charge in [-0.3, -0.25) is 24.1 Å². The first-order valence-corrected chi connectivity index (χ1v) is 11.2. The summed E-state index contributed by atoms with van der Waals surface area (Å²) in [4.78, 5) is 53.4. The molecule has 33 heavy (non-hydrogen) atoms. The largest absolute Gasteiger partial charge is 0.491 e. The second-order valence-corrected chi connectivity index (χ2v) is 9.07. The number of nitrogens with zero attached hydrogens (tertiary/aromatic N) is 1. The second-order valence-electron chi connectivity index (χ2n) is 9.07. The van der Waals surface area contributed by atoms with Gasteiger partial charge in [-0.1, -0.05) is 29.8 Å². The van der Waals surface area contributed by atoms with Gasteiger partial charge in [-0.05, 0) is 37.8 Å². The topological polar surface area (TPSA) is 101 Å². The summed E-state index contributed by atoms with van der Waals surface area (Å²) in [7, 11) is 1.51. The Morgan fingerprint density at radius 1 is 1.09 bits per heavy atom. The summed E-state index contributed by atoms with van der Waals surface area (Å²) in [5.41, 5.74) is 2.85. The first-order chi connectivity index (χ1) is 15.8. The molecule has 7 heteroatoms. The molecule has 3 aliphatic carbocycles. The average Bonchev–Trinajstić information content (AvgIpc) is 3.04. The van der Waals surface area contributed by atoms with Crippen molar-refractivity contribution in [2.75, 3.05) is 20.3 Å². The number of para-hydroxylation sites is 1. The lowest BCUT2D eigenvalue weighted by atomic mass is 9.59. The van der Waals surface area contributed by atoms with Gasteiger partial charge in [0.1, 0.15) is 12.4 Å². The van der Waals surface area contributed by atoms with Crippen LogP contribution in [0.3, 0.4) is 0 Å². The molecule has 1 aliphatic heterocycles. The molecule has 4 unspecified atom stereocenters. The van der Waals surface area contributed by atoms with E-state index in [2.05, 4.69) is 0 Å². The van der Waals surface area contributed by atoms with Crippen LogP contribution in [0.1, 0.15) is 31.2 Å². The highest BCUT2D eigenvalue weighted by molar-refractivity contribution is 6.23. The molecule has 4 atom stereocenters. The molecule has 2 amide bonds. The van der Waals surface area contributed by atoms with E-state index in [4.69, 9.17) is 4.74 Å². The first-order valence-electron chi connectivity index (χ1n) is 11.2. The second kappa shape index (κ2) is 7.92. The lowest BCUT2D eigenvalue weighted by Crippen LogP contribution is -2.39. The minimum absolute atomic E-state index is 0.0897. The summed E-state index contributed by atoms with van der Waals surface area (Å²) in [5, 5.41) is 9.27. The van der Waals surface area contributed by atoms with Gasteiger partial charge in [0.2, 0.25) is 11.8 Å². The molecule has 0 saturated carbocycles. The van der Waals surface area contributed by atoms with Crippen molar-refractivity contribution in [2.45, 2.75) is 25.7 Å². The molecule has 0 bridgehead atoms. The summed E-state index contributed by atoms with van der Waals surface area (Å²) >= 11 is 0. The number of ketones is 2. The van der Waals surface area contributed by atoms with E-state index in [1.165, 1.54) is 18.0 Å². The van der Waals surface area contributed by atoms with Gasteiger partial charge in [0.05, 0.1) is 18.4 Å². The number of benzene rings is 1. The predicted octanol–water partition coefficient (Wildman–Crippen LogP) is 2.12.